The SMILES string of the molecule is C[C@H](O)c1cc(Cl)ccc1OCc1nnn(C)n1. The minimum absolute atomic E-state index is 0.190. The van der Waals surface area contributed by atoms with Gasteiger partial charge in [-0.25, -0.2) is 0 Å². The van der Waals surface area contributed by atoms with Crippen LogP contribution in [0.4, 0.5) is 0 Å². The van der Waals surface area contributed by atoms with Crippen LogP contribution in [0.25, 0.3) is 0 Å². The van der Waals surface area contributed by atoms with E-state index in [1.165, 1.54) is 4.80 Å². The van der Waals surface area contributed by atoms with Crippen molar-refractivity contribution in [1.29, 1.82) is 0 Å². The quantitative estimate of drug-likeness (QED) is 0.910. The standard InChI is InChI=1S/C11H13ClN4O2/c1-7(17)9-5-8(12)3-4-10(9)18-6-11-13-15-16(2)14-11/h3-5,7,17H,6H2,1-2H3/t7-/m0/s1. The predicted molar refractivity (Wildman–Crippen MR) is 65.2 cm³/mol. The van der Waals surface area contributed by atoms with E-state index in [4.69, 9.17) is 16.3 Å². The molecule has 0 unspecified atom stereocenters. The molecule has 1 aromatic carbocycles. The molecule has 1 atom stereocenters. The highest BCUT2D eigenvalue weighted by Crippen LogP contribution is 2.28. The Hall–Kier alpha value is -1.66. The number of aliphatic hydroxyl groups is 1. The van der Waals surface area contributed by atoms with Gasteiger partial charge in [0.1, 0.15) is 5.75 Å². The van der Waals surface area contributed by atoms with E-state index in [0.29, 0.717) is 22.2 Å². The first kappa shape index (κ1) is 12.8. The van der Waals surface area contributed by atoms with E-state index >= 15 is 0 Å². The van der Waals surface area contributed by atoms with Crippen LogP contribution < -0.4 is 4.74 Å². The number of ether oxygens (including phenoxy) is 1. The van der Waals surface area contributed by atoms with Gasteiger partial charge in [-0.15, -0.1) is 10.2 Å². The number of rotatable bonds is 4. The van der Waals surface area contributed by atoms with Crippen LogP contribution in [0.2, 0.25) is 5.02 Å². The smallest absolute Gasteiger partial charge is 0.212 e. The first-order valence-electron chi connectivity index (χ1n) is 5.39. The number of aromatic nitrogens is 4. The van der Waals surface area contributed by atoms with Crippen LogP contribution >= 0.6 is 11.6 Å². The second kappa shape index (κ2) is 5.32. The summed E-state index contributed by atoms with van der Waals surface area (Å²) in [7, 11) is 1.68. The number of nitrogens with zero attached hydrogens (tertiary/aromatic N) is 4. The molecular weight excluding hydrogens is 256 g/mol. The first-order chi connectivity index (χ1) is 8.56. The van der Waals surface area contributed by atoms with Crippen LogP contribution in [0.5, 0.6) is 5.75 Å². The van der Waals surface area contributed by atoms with E-state index in [1.54, 1.807) is 32.2 Å². The summed E-state index contributed by atoms with van der Waals surface area (Å²) in [6.07, 6.45) is -0.659. The molecule has 96 valence electrons. The largest absolute Gasteiger partial charge is 0.485 e. The maximum Gasteiger partial charge on any atom is 0.212 e. The molecule has 1 N–H and O–H groups in total. The van der Waals surface area contributed by atoms with Gasteiger partial charge in [-0.2, -0.15) is 4.80 Å². The molecule has 1 heterocycles. The third kappa shape index (κ3) is 2.96. The van der Waals surface area contributed by atoms with E-state index in [-0.39, 0.29) is 6.61 Å². The number of hydrogen-bond acceptors (Lipinski definition) is 5. The van der Waals surface area contributed by atoms with Crippen LogP contribution in [0.1, 0.15) is 24.4 Å². The lowest BCUT2D eigenvalue weighted by Crippen LogP contribution is -2.03. The monoisotopic (exact) mass is 268 g/mol. The number of hydrogen-bond donors (Lipinski definition) is 1. The van der Waals surface area contributed by atoms with Crippen LogP contribution in [0.3, 0.4) is 0 Å². The highest BCUT2D eigenvalue weighted by molar-refractivity contribution is 6.30. The summed E-state index contributed by atoms with van der Waals surface area (Å²) in [5.74, 6) is 1.03. The van der Waals surface area contributed by atoms with Crippen LogP contribution in [0.15, 0.2) is 18.2 Å². The Bertz CT molecular complexity index is 542. The zero-order chi connectivity index (χ0) is 13.1. The Labute approximate surface area is 109 Å². The van der Waals surface area contributed by atoms with E-state index < -0.39 is 6.10 Å². The van der Waals surface area contributed by atoms with Gasteiger partial charge in [-0.3, -0.25) is 0 Å². The van der Waals surface area contributed by atoms with E-state index in [1.807, 2.05) is 0 Å². The fourth-order valence-corrected chi connectivity index (χ4v) is 1.68. The zero-order valence-corrected chi connectivity index (χ0v) is 10.8. The van der Waals surface area contributed by atoms with Gasteiger partial charge in [0.25, 0.3) is 0 Å². The molecule has 7 heteroatoms. The third-order valence-corrected chi connectivity index (χ3v) is 2.56. The van der Waals surface area contributed by atoms with Gasteiger partial charge in [0.15, 0.2) is 6.61 Å². The van der Waals surface area contributed by atoms with Gasteiger partial charge in [-0.05, 0) is 30.3 Å². The van der Waals surface area contributed by atoms with Crippen molar-refractivity contribution in [2.75, 3.05) is 0 Å². The van der Waals surface area contributed by atoms with Crippen LogP contribution in [-0.4, -0.2) is 25.3 Å². The molecule has 2 rings (SSSR count). The molecule has 0 saturated heterocycles. The van der Waals surface area contributed by atoms with Gasteiger partial charge < -0.3 is 9.84 Å². The number of aliphatic hydroxyl groups excluding tert-OH is 1. The summed E-state index contributed by atoms with van der Waals surface area (Å²) >= 11 is 5.88. The van der Waals surface area contributed by atoms with Crippen LogP contribution in [-0.2, 0) is 13.7 Å². The van der Waals surface area contributed by atoms with Gasteiger partial charge in [0.05, 0.1) is 13.2 Å². The maximum absolute atomic E-state index is 9.64. The lowest BCUT2D eigenvalue weighted by atomic mass is 10.1. The molecular formula is C11H13ClN4O2. The molecule has 0 radical (unpaired) electrons. The molecule has 0 amide bonds. The minimum Gasteiger partial charge on any atom is -0.485 e. The molecule has 0 spiro atoms. The average Bonchev–Trinajstić information content (AvgIpc) is 2.73. The van der Waals surface area contributed by atoms with E-state index in [0.717, 1.165) is 0 Å². The Morgan fingerprint density at radius 2 is 2.28 bits per heavy atom. The van der Waals surface area contributed by atoms with E-state index in [9.17, 15) is 5.11 Å². The van der Waals surface area contributed by atoms with Crippen molar-refractivity contribution < 1.29 is 9.84 Å². The van der Waals surface area contributed by atoms with Gasteiger partial charge in [0.2, 0.25) is 5.82 Å². The maximum atomic E-state index is 9.64. The molecule has 0 aliphatic carbocycles. The van der Waals surface area contributed by atoms with Gasteiger partial charge >= 0.3 is 0 Å². The van der Waals surface area contributed by atoms with Crippen LogP contribution in [0, 0.1) is 0 Å². The van der Waals surface area contributed by atoms with Crippen molar-refractivity contribution in [1.82, 2.24) is 20.2 Å². The summed E-state index contributed by atoms with van der Waals surface area (Å²) in [5.41, 5.74) is 0.631. The molecule has 0 saturated carbocycles. The van der Waals surface area contributed by atoms with Gasteiger partial charge in [-0.1, -0.05) is 11.6 Å². The van der Waals surface area contributed by atoms with E-state index in [2.05, 4.69) is 15.4 Å². The van der Waals surface area contributed by atoms with Crippen molar-refractivity contribution in [2.45, 2.75) is 19.6 Å². The Morgan fingerprint density at radius 3 is 2.89 bits per heavy atom. The zero-order valence-electron chi connectivity index (χ0n) is 10.0. The van der Waals surface area contributed by atoms with Crippen molar-refractivity contribution in [3.8, 4) is 5.75 Å². The average molecular weight is 269 g/mol. The number of aryl methyl sites for hydroxylation is 1. The summed E-state index contributed by atoms with van der Waals surface area (Å²) in [4.78, 5) is 1.36. The van der Waals surface area contributed by atoms with Crippen molar-refractivity contribution in [3.05, 3.63) is 34.6 Å². The molecule has 0 aliphatic rings. The Kier molecular flexibility index (Phi) is 3.78. The molecule has 18 heavy (non-hydrogen) atoms. The summed E-state index contributed by atoms with van der Waals surface area (Å²) in [6, 6.07) is 5.08. The normalized spacial score (nSPS) is 12.4. The summed E-state index contributed by atoms with van der Waals surface area (Å²) in [5, 5.41) is 21.7. The first-order valence-corrected chi connectivity index (χ1v) is 5.77. The molecule has 0 fully saturated rings. The number of tetrazole rings is 1. The Morgan fingerprint density at radius 1 is 1.50 bits per heavy atom. The predicted octanol–water partition coefficient (Wildman–Crippen LogP) is 1.50. The molecule has 0 aliphatic heterocycles. The third-order valence-electron chi connectivity index (χ3n) is 2.33. The second-order valence-electron chi connectivity index (χ2n) is 3.84. The summed E-state index contributed by atoms with van der Waals surface area (Å²) in [6.45, 7) is 1.84. The molecule has 0 bridgehead atoms. The number of halogens is 1. The fraction of sp³-hybridized carbons (Fsp3) is 0.364. The minimum atomic E-state index is -0.659. The second-order valence-corrected chi connectivity index (χ2v) is 4.28. The topological polar surface area (TPSA) is 73.1 Å². The molecule has 2 aromatic rings. The fourth-order valence-electron chi connectivity index (χ4n) is 1.50. The highest BCUT2D eigenvalue weighted by atomic mass is 35.5. The lowest BCUT2D eigenvalue weighted by Gasteiger charge is -2.12. The van der Waals surface area contributed by atoms with Gasteiger partial charge in [0, 0.05) is 10.6 Å². The number of benzene rings is 1. The van der Waals surface area contributed by atoms with Crippen molar-refractivity contribution in [3.63, 3.8) is 0 Å². The summed E-state index contributed by atoms with van der Waals surface area (Å²) < 4.78 is 5.56. The Balaban J connectivity index is 2.13. The highest BCUT2D eigenvalue weighted by Gasteiger charge is 2.11. The van der Waals surface area contributed by atoms with Crippen molar-refractivity contribution in [2.24, 2.45) is 7.05 Å². The molecule has 1 aromatic heterocycles. The molecule has 6 nitrogen and oxygen atoms in total. The van der Waals surface area contributed by atoms with Crippen molar-refractivity contribution >= 4 is 11.6 Å². The lowest BCUT2D eigenvalue weighted by molar-refractivity contribution is 0.189.